The summed E-state index contributed by atoms with van der Waals surface area (Å²) in [5.74, 6) is 1.59. The van der Waals surface area contributed by atoms with Gasteiger partial charge in [0.25, 0.3) is 0 Å². The van der Waals surface area contributed by atoms with E-state index in [4.69, 9.17) is 17.0 Å². The number of H-pyrrole nitrogens is 1. The van der Waals surface area contributed by atoms with Crippen LogP contribution < -0.4 is 4.74 Å². The summed E-state index contributed by atoms with van der Waals surface area (Å²) in [4.78, 5) is 0. The van der Waals surface area contributed by atoms with Gasteiger partial charge in [-0.25, -0.2) is 5.10 Å². The molecule has 122 valence electrons. The first-order valence-electron chi connectivity index (χ1n) is 7.25. The predicted molar refractivity (Wildman–Crippen MR) is 95.1 cm³/mol. The van der Waals surface area contributed by atoms with Crippen LogP contribution in [-0.2, 0) is 0 Å². The molecule has 0 atom stereocenters. The quantitative estimate of drug-likeness (QED) is 0.562. The number of phenols is 1. The molecule has 0 saturated carbocycles. The third kappa shape index (κ3) is 3.21. The smallest absolute Gasteiger partial charge is 0.216 e. The van der Waals surface area contributed by atoms with Crippen LogP contribution in [0.2, 0.25) is 0 Å². The van der Waals surface area contributed by atoms with Crippen molar-refractivity contribution in [3.05, 3.63) is 58.9 Å². The summed E-state index contributed by atoms with van der Waals surface area (Å²) in [7, 11) is 1.62. The van der Waals surface area contributed by atoms with Gasteiger partial charge < -0.3 is 9.84 Å². The van der Waals surface area contributed by atoms with E-state index in [2.05, 4.69) is 15.3 Å². The van der Waals surface area contributed by atoms with Gasteiger partial charge in [0.1, 0.15) is 11.5 Å². The Labute approximate surface area is 144 Å². The zero-order valence-electron chi connectivity index (χ0n) is 13.2. The number of hydrogen-bond donors (Lipinski definition) is 2. The maximum atomic E-state index is 9.39. The number of methoxy groups -OCH3 is 1. The Morgan fingerprint density at radius 1 is 1.17 bits per heavy atom. The first-order valence-corrected chi connectivity index (χ1v) is 7.66. The third-order valence-corrected chi connectivity index (χ3v) is 3.80. The number of aromatic amines is 1. The maximum Gasteiger partial charge on any atom is 0.216 e. The van der Waals surface area contributed by atoms with Gasteiger partial charge in [0.05, 0.1) is 12.8 Å². The molecule has 24 heavy (non-hydrogen) atoms. The molecule has 0 spiro atoms. The second-order valence-electron chi connectivity index (χ2n) is 5.12. The summed E-state index contributed by atoms with van der Waals surface area (Å²) in [5, 5.41) is 21.0. The SMILES string of the molecule is COc1ccc(-c2n[nH]c(=S)n2/N=C(\C)c2ccc(O)cc2)cc1. The summed E-state index contributed by atoms with van der Waals surface area (Å²) in [5.41, 5.74) is 2.50. The molecule has 0 bridgehead atoms. The fourth-order valence-corrected chi connectivity index (χ4v) is 2.39. The molecule has 3 aromatic rings. The van der Waals surface area contributed by atoms with Gasteiger partial charge >= 0.3 is 0 Å². The summed E-state index contributed by atoms with van der Waals surface area (Å²) >= 11 is 5.28. The summed E-state index contributed by atoms with van der Waals surface area (Å²) in [6.45, 7) is 1.87. The minimum absolute atomic E-state index is 0.213. The van der Waals surface area contributed by atoms with Crippen LogP contribution in [-0.4, -0.2) is 32.8 Å². The molecule has 0 fully saturated rings. The van der Waals surface area contributed by atoms with Crippen molar-refractivity contribution in [2.75, 3.05) is 7.11 Å². The number of nitrogens with zero attached hydrogens (tertiary/aromatic N) is 3. The Hall–Kier alpha value is -2.93. The molecular formula is C17H16N4O2S. The van der Waals surface area contributed by atoms with Crippen molar-refractivity contribution >= 4 is 17.9 Å². The highest BCUT2D eigenvalue weighted by atomic mass is 32.1. The molecule has 0 aliphatic carbocycles. The Morgan fingerprint density at radius 3 is 2.46 bits per heavy atom. The van der Waals surface area contributed by atoms with Gasteiger partial charge in [0, 0.05) is 5.56 Å². The van der Waals surface area contributed by atoms with Crippen LogP contribution in [0.4, 0.5) is 0 Å². The monoisotopic (exact) mass is 340 g/mol. The summed E-state index contributed by atoms with van der Waals surface area (Å²) in [6.07, 6.45) is 0. The van der Waals surface area contributed by atoms with Crippen LogP contribution in [0.5, 0.6) is 11.5 Å². The lowest BCUT2D eigenvalue weighted by molar-refractivity contribution is 0.415. The fraction of sp³-hybridized carbons (Fsp3) is 0.118. The third-order valence-electron chi connectivity index (χ3n) is 3.53. The van der Waals surface area contributed by atoms with Crippen molar-refractivity contribution in [2.24, 2.45) is 5.10 Å². The van der Waals surface area contributed by atoms with Gasteiger partial charge in [-0.15, -0.1) is 0 Å². The van der Waals surface area contributed by atoms with E-state index in [9.17, 15) is 5.11 Å². The number of rotatable bonds is 4. The van der Waals surface area contributed by atoms with E-state index in [1.807, 2.05) is 31.2 Å². The zero-order chi connectivity index (χ0) is 17.1. The highest BCUT2D eigenvalue weighted by molar-refractivity contribution is 7.71. The normalized spacial score (nSPS) is 11.5. The molecule has 0 saturated heterocycles. The largest absolute Gasteiger partial charge is 0.508 e. The Kier molecular flexibility index (Phi) is 4.43. The molecular weight excluding hydrogens is 324 g/mol. The van der Waals surface area contributed by atoms with Gasteiger partial charge in [0.2, 0.25) is 4.77 Å². The highest BCUT2D eigenvalue weighted by Crippen LogP contribution is 2.21. The predicted octanol–water partition coefficient (Wildman–Crippen LogP) is 3.59. The van der Waals surface area contributed by atoms with Gasteiger partial charge in [-0.2, -0.15) is 14.9 Å². The molecule has 7 heteroatoms. The van der Waals surface area contributed by atoms with Crippen molar-refractivity contribution in [1.29, 1.82) is 0 Å². The van der Waals surface area contributed by atoms with Gasteiger partial charge in [-0.1, -0.05) is 0 Å². The van der Waals surface area contributed by atoms with Crippen LogP contribution in [0.15, 0.2) is 53.6 Å². The van der Waals surface area contributed by atoms with E-state index >= 15 is 0 Å². The molecule has 0 aliphatic rings. The van der Waals surface area contributed by atoms with Crippen LogP contribution in [0.25, 0.3) is 11.4 Å². The van der Waals surface area contributed by atoms with E-state index in [-0.39, 0.29) is 5.75 Å². The average molecular weight is 340 g/mol. The van der Waals surface area contributed by atoms with Gasteiger partial charge in [0.15, 0.2) is 5.82 Å². The molecule has 1 heterocycles. The Balaban J connectivity index is 2.02. The number of aromatic hydroxyl groups is 1. The van der Waals surface area contributed by atoms with E-state index in [0.29, 0.717) is 10.6 Å². The molecule has 2 N–H and O–H groups in total. The second-order valence-corrected chi connectivity index (χ2v) is 5.51. The number of phenolic OH excluding ortho intramolecular Hbond substituents is 1. The van der Waals surface area contributed by atoms with Gasteiger partial charge in [-0.3, -0.25) is 0 Å². The maximum absolute atomic E-state index is 9.39. The standard InChI is InChI=1S/C17H16N4O2S/c1-11(12-3-7-14(22)8-4-12)20-21-16(18-19-17(21)24)13-5-9-15(23-2)10-6-13/h3-10,22H,1-2H3,(H,19,24)/b20-11+. The van der Waals surface area contributed by atoms with Crippen LogP contribution in [0, 0.1) is 4.77 Å². The molecule has 6 nitrogen and oxygen atoms in total. The van der Waals surface area contributed by atoms with E-state index in [1.54, 1.807) is 36.1 Å². The summed E-state index contributed by atoms with van der Waals surface area (Å²) < 4.78 is 7.15. The van der Waals surface area contributed by atoms with E-state index < -0.39 is 0 Å². The number of hydrogen-bond acceptors (Lipinski definition) is 5. The van der Waals surface area contributed by atoms with Crippen LogP contribution in [0.1, 0.15) is 12.5 Å². The molecule has 0 aliphatic heterocycles. The molecule has 1 aromatic heterocycles. The van der Waals surface area contributed by atoms with E-state index in [0.717, 1.165) is 22.6 Å². The lowest BCUT2D eigenvalue weighted by Gasteiger charge is -2.05. The van der Waals surface area contributed by atoms with Crippen molar-refractivity contribution < 1.29 is 9.84 Å². The number of nitrogens with one attached hydrogen (secondary N) is 1. The van der Waals surface area contributed by atoms with E-state index in [1.165, 1.54) is 0 Å². The number of benzene rings is 2. The fourth-order valence-electron chi connectivity index (χ4n) is 2.22. The first kappa shape index (κ1) is 15.9. The first-order chi connectivity index (χ1) is 11.6. The molecule has 0 radical (unpaired) electrons. The van der Waals surface area contributed by atoms with Crippen LogP contribution in [0.3, 0.4) is 0 Å². The topological polar surface area (TPSA) is 75.4 Å². The minimum Gasteiger partial charge on any atom is -0.508 e. The number of ether oxygens (including phenoxy) is 1. The molecule has 3 rings (SSSR count). The van der Waals surface area contributed by atoms with Crippen molar-refractivity contribution in [3.8, 4) is 22.9 Å². The minimum atomic E-state index is 0.213. The lowest BCUT2D eigenvalue weighted by Crippen LogP contribution is -2.01. The summed E-state index contributed by atoms with van der Waals surface area (Å²) in [6, 6.07) is 14.3. The van der Waals surface area contributed by atoms with Crippen molar-refractivity contribution in [2.45, 2.75) is 6.92 Å². The van der Waals surface area contributed by atoms with Gasteiger partial charge in [-0.05, 0) is 73.2 Å². The van der Waals surface area contributed by atoms with Crippen molar-refractivity contribution in [3.63, 3.8) is 0 Å². The lowest BCUT2D eigenvalue weighted by atomic mass is 10.1. The average Bonchev–Trinajstić information content (AvgIpc) is 2.96. The molecule has 2 aromatic carbocycles. The van der Waals surface area contributed by atoms with Crippen molar-refractivity contribution in [1.82, 2.24) is 14.9 Å². The zero-order valence-corrected chi connectivity index (χ0v) is 14.0. The highest BCUT2D eigenvalue weighted by Gasteiger charge is 2.09. The Morgan fingerprint density at radius 2 is 1.83 bits per heavy atom. The Bertz CT molecular complexity index is 924. The molecule has 0 unspecified atom stereocenters. The molecule has 0 amide bonds. The van der Waals surface area contributed by atoms with Crippen LogP contribution >= 0.6 is 12.2 Å². The number of aromatic nitrogens is 3. The second kappa shape index (κ2) is 6.67.